The molecule has 2 heterocycles. The molecule has 1 fully saturated rings. The molecular weight excluding hydrogens is 763 g/mol. The zero-order valence-corrected chi connectivity index (χ0v) is 33.7. The number of anilines is 2. The summed E-state index contributed by atoms with van der Waals surface area (Å²) in [7, 11) is 1.29. The summed E-state index contributed by atoms with van der Waals surface area (Å²) in [6, 6.07) is 23.2. The molecule has 0 spiro atoms. The number of hydrogen-bond donors (Lipinski definition) is 3. The number of unbranched alkanes of at least 4 members (excludes halogenated alkanes) is 2. The van der Waals surface area contributed by atoms with Crippen LogP contribution in [0.2, 0.25) is 0 Å². The average Bonchev–Trinajstić information content (AvgIpc) is 3.57. The molecule has 0 aliphatic carbocycles. The van der Waals surface area contributed by atoms with Crippen LogP contribution in [-0.4, -0.2) is 77.5 Å². The first kappa shape index (κ1) is 42.1. The van der Waals surface area contributed by atoms with Gasteiger partial charge in [0, 0.05) is 71.6 Å². The van der Waals surface area contributed by atoms with E-state index in [9.17, 15) is 19.2 Å². The van der Waals surface area contributed by atoms with Crippen molar-refractivity contribution in [3.05, 3.63) is 130 Å². The maximum atomic E-state index is 15.3. The first-order chi connectivity index (χ1) is 27.9. The molecule has 58 heavy (non-hydrogen) atoms. The molecule has 1 aromatic heterocycles. The minimum atomic E-state index is -0.811. The van der Waals surface area contributed by atoms with Crippen LogP contribution in [0.3, 0.4) is 0 Å². The van der Waals surface area contributed by atoms with Gasteiger partial charge < -0.3 is 25.4 Å². The Morgan fingerprint density at radius 3 is 2.26 bits per heavy atom. The minimum Gasteiger partial charge on any atom is -0.465 e. The Hall–Kier alpha value is -5.50. The van der Waals surface area contributed by atoms with E-state index in [-0.39, 0.29) is 41.3 Å². The van der Waals surface area contributed by atoms with Crippen LogP contribution in [-0.2, 0) is 28.9 Å². The third kappa shape index (κ3) is 10.1. The topological polar surface area (TPSA) is 128 Å². The lowest BCUT2D eigenvalue weighted by Crippen LogP contribution is -2.59. The Kier molecular flexibility index (Phi) is 13.7. The highest BCUT2D eigenvalue weighted by Gasteiger charge is 2.35. The molecule has 3 amide bonds. The molecule has 6 rings (SSSR count). The van der Waals surface area contributed by atoms with E-state index < -0.39 is 29.4 Å². The monoisotopic (exact) mass is 810 g/mol. The second-order valence-corrected chi connectivity index (χ2v) is 16.2. The van der Waals surface area contributed by atoms with Crippen molar-refractivity contribution in [1.82, 2.24) is 9.80 Å². The fourth-order valence-electron chi connectivity index (χ4n) is 7.29. The number of fused-ring (bicyclic) bond motifs is 1. The Balaban J connectivity index is 1.12. The van der Waals surface area contributed by atoms with Crippen molar-refractivity contribution in [2.45, 2.75) is 64.5 Å². The molecule has 0 unspecified atom stereocenters. The fourth-order valence-corrected chi connectivity index (χ4v) is 8.38. The number of carbonyl (C=O) groups is 4. The van der Waals surface area contributed by atoms with Crippen LogP contribution in [0, 0.1) is 11.6 Å². The van der Waals surface area contributed by atoms with Gasteiger partial charge in [-0.15, -0.1) is 11.3 Å². The van der Waals surface area contributed by atoms with Gasteiger partial charge in [0.2, 0.25) is 5.91 Å². The standard InChI is InChI=1S/C45H48F2N4O6S/c1-45(2)28-50(39(53)14-5-4-8-23-52)21-22-51(45)27-30-10-9-11-32(24-30)41(54)49-43-40(35-12-6-7-13-38(35)58-43)42(55)48-33-25-36(46)34(37(47)26-33)20-17-29-15-18-31(19-16-29)44(56)57-3/h6-7,9-13,15-16,18-19,24-26,52H,4-5,8,14,17,20-23,27-28H2,1-3H3,(H,48,55)(H,49,54). The van der Waals surface area contributed by atoms with Crippen LogP contribution in [0.4, 0.5) is 19.5 Å². The molecule has 4 aromatic carbocycles. The number of amides is 3. The molecule has 10 nitrogen and oxygen atoms in total. The number of piperazine rings is 1. The van der Waals surface area contributed by atoms with Gasteiger partial charge in [0.05, 0.1) is 18.2 Å². The summed E-state index contributed by atoms with van der Waals surface area (Å²) in [5, 5.41) is 15.5. The van der Waals surface area contributed by atoms with E-state index in [4.69, 9.17) is 9.84 Å². The number of carbonyl (C=O) groups excluding carboxylic acids is 4. The lowest BCUT2D eigenvalue weighted by molar-refractivity contribution is -0.136. The van der Waals surface area contributed by atoms with Crippen LogP contribution < -0.4 is 10.6 Å². The number of methoxy groups -OCH3 is 1. The van der Waals surface area contributed by atoms with E-state index in [1.165, 1.54) is 18.4 Å². The molecule has 5 aromatic rings. The van der Waals surface area contributed by atoms with E-state index in [0.29, 0.717) is 67.0 Å². The van der Waals surface area contributed by atoms with Gasteiger partial charge in [0.15, 0.2) is 0 Å². The van der Waals surface area contributed by atoms with E-state index in [1.54, 1.807) is 42.5 Å². The lowest BCUT2D eigenvalue weighted by atomic mass is 9.97. The minimum absolute atomic E-state index is 0.0543. The largest absolute Gasteiger partial charge is 0.465 e. The number of aliphatic hydroxyl groups excluding tert-OH is 1. The summed E-state index contributed by atoms with van der Waals surface area (Å²) in [5.74, 6) is -3.02. The number of nitrogens with zero attached hydrogens (tertiary/aromatic N) is 2. The number of halogens is 2. The quantitative estimate of drug-likeness (QED) is 0.0718. The van der Waals surface area contributed by atoms with Crippen molar-refractivity contribution in [3.8, 4) is 0 Å². The number of aliphatic hydroxyl groups is 1. The van der Waals surface area contributed by atoms with Crippen LogP contribution in [0.15, 0.2) is 84.9 Å². The van der Waals surface area contributed by atoms with Crippen molar-refractivity contribution < 1.29 is 37.8 Å². The first-order valence-corrected chi connectivity index (χ1v) is 20.2. The highest BCUT2D eigenvalue weighted by molar-refractivity contribution is 7.23. The van der Waals surface area contributed by atoms with Gasteiger partial charge in [-0.05, 0) is 93.1 Å². The Bertz CT molecular complexity index is 2270. The number of aryl methyl sites for hydroxylation is 1. The number of nitrogens with one attached hydrogen (secondary N) is 2. The van der Waals surface area contributed by atoms with Gasteiger partial charge >= 0.3 is 5.97 Å². The molecule has 0 atom stereocenters. The molecule has 0 bridgehead atoms. The molecule has 1 aliphatic rings. The number of ether oxygens (including phenoxy) is 1. The highest BCUT2D eigenvalue weighted by Crippen LogP contribution is 2.37. The van der Waals surface area contributed by atoms with Crippen molar-refractivity contribution in [2.75, 3.05) is 44.0 Å². The number of rotatable bonds is 15. The summed E-state index contributed by atoms with van der Waals surface area (Å²) in [4.78, 5) is 56.4. The SMILES string of the molecule is COC(=O)c1ccc(CCc2c(F)cc(NC(=O)c3c(NC(=O)c4cccc(CN5CCN(C(=O)CCCCCO)CC5(C)C)c4)sc4ccccc34)cc2F)cc1. The van der Waals surface area contributed by atoms with E-state index in [0.717, 1.165) is 40.8 Å². The average molecular weight is 811 g/mol. The van der Waals surface area contributed by atoms with Crippen LogP contribution in [0.25, 0.3) is 10.1 Å². The van der Waals surface area contributed by atoms with E-state index in [1.807, 2.05) is 35.2 Å². The summed E-state index contributed by atoms with van der Waals surface area (Å²) in [6.07, 6.45) is 3.13. The number of esters is 1. The molecule has 1 aliphatic heterocycles. The second kappa shape index (κ2) is 18.8. The van der Waals surface area contributed by atoms with Crippen molar-refractivity contribution in [1.29, 1.82) is 0 Å². The fraction of sp³-hybridized carbons (Fsp3) is 0.333. The maximum Gasteiger partial charge on any atom is 0.337 e. The van der Waals surface area contributed by atoms with E-state index in [2.05, 4.69) is 29.4 Å². The Morgan fingerprint density at radius 1 is 0.810 bits per heavy atom. The van der Waals surface area contributed by atoms with Crippen molar-refractivity contribution >= 4 is 55.8 Å². The molecule has 13 heteroatoms. The molecule has 0 saturated carbocycles. The third-order valence-electron chi connectivity index (χ3n) is 10.5. The zero-order chi connectivity index (χ0) is 41.4. The maximum absolute atomic E-state index is 15.3. The number of thiophene rings is 1. The molecule has 1 saturated heterocycles. The van der Waals surface area contributed by atoms with Gasteiger partial charge in [-0.3, -0.25) is 19.3 Å². The van der Waals surface area contributed by atoms with Gasteiger partial charge in [-0.1, -0.05) is 48.9 Å². The zero-order valence-electron chi connectivity index (χ0n) is 32.9. The van der Waals surface area contributed by atoms with Crippen LogP contribution in [0.5, 0.6) is 0 Å². The Morgan fingerprint density at radius 2 is 1.55 bits per heavy atom. The molecular formula is C45H48F2N4O6S. The predicted molar refractivity (Wildman–Crippen MR) is 222 cm³/mol. The highest BCUT2D eigenvalue weighted by atomic mass is 32.1. The second-order valence-electron chi connectivity index (χ2n) is 15.1. The summed E-state index contributed by atoms with van der Waals surface area (Å²) in [6.45, 7) is 6.79. The number of hydrogen-bond acceptors (Lipinski definition) is 8. The van der Waals surface area contributed by atoms with Gasteiger partial charge in [0.25, 0.3) is 11.8 Å². The van der Waals surface area contributed by atoms with Gasteiger partial charge in [-0.25, -0.2) is 13.6 Å². The van der Waals surface area contributed by atoms with Crippen molar-refractivity contribution in [2.24, 2.45) is 0 Å². The van der Waals surface area contributed by atoms with Gasteiger partial charge in [0.1, 0.15) is 16.6 Å². The van der Waals surface area contributed by atoms with Crippen molar-refractivity contribution in [3.63, 3.8) is 0 Å². The van der Waals surface area contributed by atoms with E-state index >= 15 is 8.78 Å². The van der Waals surface area contributed by atoms with Crippen LogP contribution >= 0.6 is 11.3 Å². The molecule has 0 radical (unpaired) electrons. The summed E-state index contributed by atoms with van der Waals surface area (Å²) in [5.41, 5.74) is 2.14. The third-order valence-corrected chi connectivity index (χ3v) is 11.6. The Labute approximate surface area is 340 Å². The summed E-state index contributed by atoms with van der Waals surface area (Å²) >= 11 is 1.23. The number of benzene rings is 4. The summed E-state index contributed by atoms with van der Waals surface area (Å²) < 4.78 is 36.1. The van der Waals surface area contributed by atoms with Crippen LogP contribution in [0.1, 0.15) is 87.3 Å². The normalized spacial score (nSPS) is 14.0. The lowest BCUT2D eigenvalue weighted by Gasteiger charge is -2.47. The molecule has 3 N–H and O–H groups in total. The predicted octanol–water partition coefficient (Wildman–Crippen LogP) is 8.23. The van der Waals surface area contributed by atoms with Gasteiger partial charge in [-0.2, -0.15) is 0 Å². The molecule has 304 valence electrons. The smallest absolute Gasteiger partial charge is 0.337 e. The first-order valence-electron chi connectivity index (χ1n) is 19.4.